The average molecular weight is 338 g/mol. The predicted octanol–water partition coefficient (Wildman–Crippen LogP) is 3.77. The summed E-state index contributed by atoms with van der Waals surface area (Å²) in [6.07, 6.45) is 4.84. The third-order valence-electron chi connectivity index (χ3n) is 4.65. The number of H-pyrrole nitrogens is 1. The number of fused-ring (bicyclic) bond motifs is 1. The first-order valence-electron chi connectivity index (χ1n) is 8.48. The van der Waals surface area contributed by atoms with Crippen LogP contribution in [0.3, 0.4) is 0 Å². The van der Waals surface area contributed by atoms with E-state index in [9.17, 15) is 9.18 Å². The maximum absolute atomic E-state index is 14.5. The van der Waals surface area contributed by atoms with E-state index in [1.165, 1.54) is 12.4 Å². The maximum Gasteiger partial charge on any atom is 0.258 e. The van der Waals surface area contributed by atoms with E-state index in [1.54, 1.807) is 18.2 Å². The van der Waals surface area contributed by atoms with Crippen molar-refractivity contribution in [2.75, 3.05) is 11.9 Å². The number of aromatic nitrogens is 2. The Hall–Kier alpha value is -2.73. The van der Waals surface area contributed by atoms with Gasteiger partial charge in [0.1, 0.15) is 11.3 Å². The summed E-state index contributed by atoms with van der Waals surface area (Å²) in [6.45, 7) is 0.957. The number of benzene rings is 2. The van der Waals surface area contributed by atoms with Crippen LogP contribution >= 0.6 is 0 Å². The van der Waals surface area contributed by atoms with E-state index in [0.29, 0.717) is 11.1 Å². The minimum Gasteiger partial charge on any atom is -0.345 e. The summed E-state index contributed by atoms with van der Waals surface area (Å²) in [7, 11) is 0. The lowest BCUT2D eigenvalue weighted by molar-refractivity contribution is 0.102. The fraction of sp³-hybridized carbons (Fsp3) is 0.263. The molecule has 0 spiro atoms. The van der Waals surface area contributed by atoms with Crippen molar-refractivity contribution in [3.05, 3.63) is 59.7 Å². The molecule has 1 aromatic heterocycles. The third-order valence-corrected chi connectivity index (χ3v) is 4.65. The van der Waals surface area contributed by atoms with Crippen LogP contribution in [0.25, 0.3) is 11.0 Å². The molecule has 1 unspecified atom stereocenters. The number of nitrogens with one attached hydrogen (secondary N) is 3. The van der Waals surface area contributed by atoms with Gasteiger partial charge in [0.05, 0.1) is 23.1 Å². The molecule has 0 aliphatic carbocycles. The molecule has 25 heavy (non-hydrogen) atoms. The minimum absolute atomic E-state index is 0.178. The van der Waals surface area contributed by atoms with Crippen LogP contribution in [0.1, 0.15) is 41.2 Å². The molecular weight excluding hydrogens is 319 g/mol. The smallest absolute Gasteiger partial charge is 0.258 e. The number of rotatable bonds is 3. The zero-order valence-corrected chi connectivity index (χ0v) is 13.7. The van der Waals surface area contributed by atoms with Crippen LogP contribution < -0.4 is 10.6 Å². The summed E-state index contributed by atoms with van der Waals surface area (Å²) in [4.78, 5) is 19.6. The van der Waals surface area contributed by atoms with Crippen molar-refractivity contribution in [1.29, 1.82) is 0 Å². The zero-order valence-electron chi connectivity index (χ0n) is 13.7. The second-order valence-corrected chi connectivity index (χ2v) is 6.30. The predicted molar refractivity (Wildman–Crippen MR) is 95.0 cm³/mol. The summed E-state index contributed by atoms with van der Waals surface area (Å²) in [6, 6.07) is 10.5. The van der Waals surface area contributed by atoms with Gasteiger partial charge in [0, 0.05) is 6.04 Å². The van der Waals surface area contributed by atoms with Crippen molar-refractivity contribution in [2.45, 2.75) is 25.3 Å². The molecule has 1 fully saturated rings. The van der Waals surface area contributed by atoms with E-state index < -0.39 is 5.82 Å². The maximum atomic E-state index is 14.5. The first kappa shape index (κ1) is 15.8. The fourth-order valence-corrected chi connectivity index (χ4v) is 3.32. The third kappa shape index (κ3) is 3.13. The molecule has 4 rings (SSSR count). The Morgan fingerprint density at radius 2 is 2.16 bits per heavy atom. The molecule has 128 valence electrons. The molecule has 1 aliphatic heterocycles. The van der Waals surface area contributed by atoms with Crippen LogP contribution in [0.5, 0.6) is 0 Å². The topological polar surface area (TPSA) is 69.8 Å². The number of halogens is 1. The zero-order chi connectivity index (χ0) is 17.2. The number of amides is 1. The summed E-state index contributed by atoms with van der Waals surface area (Å²) < 4.78 is 14.5. The van der Waals surface area contributed by atoms with Crippen molar-refractivity contribution < 1.29 is 9.18 Å². The Balaban J connectivity index is 1.56. The molecule has 0 saturated carbocycles. The number of hydrogen-bond acceptors (Lipinski definition) is 3. The second kappa shape index (κ2) is 6.64. The number of carbonyl (C=O) groups is 1. The van der Waals surface area contributed by atoms with E-state index in [0.717, 1.165) is 36.9 Å². The van der Waals surface area contributed by atoms with Gasteiger partial charge in [-0.25, -0.2) is 9.37 Å². The minimum atomic E-state index is -0.424. The number of hydrogen-bond donors (Lipinski definition) is 3. The Labute approximate surface area is 144 Å². The van der Waals surface area contributed by atoms with Crippen molar-refractivity contribution >= 4 is 22.6 Å². The molecule has 1 aliphatic rings. The number of carbonyl (C=O) groups excluding carboxylic acids is 1. The molecule has 3 N–H and O–H groups in total. The first-order chi connectivity index (χ1) is 12.2. The molecule has 3 aromatic rings. The Morgan fingerprint density at radius 1 is 1.24 bits per heavy atom. The summed E-state index contributed by atoms with van der Waals surface area (Å²) >= 11 is 0. The van der Waals surface area contributed by atoms with Gasteiger partial charge >= 0.3 is 0 Å². The standard InChI is InChI=1S/C19H19FN4O/c20-14-10-12(15-5-1-2-9-21-15)7-8-16(14)24-19(25)13-4-3-6-17-18(13)23-11-22-17/h3-4,6-8,10-11,15,21H,1-2,5,9H2,(H,22,23)(H,24,25). The van der Waals surface area contributed by atoms with Gasteiger partial charge in [0.2, 0.25) is 0 Å². The number of imidazole rings is 1. The van der Waals surface area contributed by atoms with Crippen LogP contribution in [0, 0.1) is 5.82 Å². The number of para-hydroxylation sites is 1. The largest absolute Gasteiger partial charge is 0.345 e. The van der Waals surface area contributed by atoms with Crippen molar-refractivity contribution in [3.8, 4) is 0 Å². The average Bonchev–Trinajstić information content (AvgIpc) is 3.12. The normalized spacial score (nSPS) is 17.6. The van der Waals surface area contributed by atoms with Crippen LogP contribution in [-0.4, -0.2) is 22.4 Å². The van der Waals surface area contributed by atoms with E-state index in [2.05, 4.69) is 20.6 Å². The van der Waals surface area contributed by atoms with Crippen LogP contribution in [0.15, 0.2) is 42.7 Å². The Bertz CT molecular complexity index is 915. The molecule has 5 nitrogen and oxygen atoms in total. The molecular formula is C19H19FN4O. The first-order valence-corrected chi connectivity index (χ1v) is 8.48. The van der Waals surface area contributed by atoms with Gasteiger partial charge in [0.15, 0.2) is 0 Å². The van der Waals surface area contributed by atoms with Crippen molar-refractivity contribution in [3.63, 3.8) is 0 Å². The highest BCUT2D eigenvalue weighted by atomic mass is 19.1. The van der Waals surface area contributed by atoms with Gasteiger partial charge in [-0.15, -0.1) is 0 Å². The van der Waals surface area contributed by atoms with E-state index in [-0.39, 0.29) is 17.6 Å². The monoisotopic (exact) mass is 338 g/mol. The lowest BCUT2D eigenvalue weighted by atomic mass is 9.97. The molecule has 1 saturated heterocycles. The molecule has 2 heterocycles. The summed E-state index contributed by atoms with van der Waals surface area (Å²) in [5.74, 6) is -0.799. The Kier molecular flexibility index (Phi) is 4.19. The highest BCUT2D eigenvalue weighted by Crippen LogP contribution is 2.26. The van der Waals surface area contributed by atoms with Gasteiger partial charge in [-0.1, -0.05) is 18.6 Å². The van der Waals surface area contributed by atoms with Crippen LogP contribution in [0.4, 0.5) is 10.1 Å². The van der Waals surface area contributed by atoms with E-state index in [4.69, 9.17) is 0 Å². The number of anilines is 1. The number of nitrogens with zero attached hydrogens (tertiary/aromatic N) is 1. The highest BCUT2D eigenvalue weighted by Gasteiger charge is 2.18. The molecule has 1 atom stereocenters. The molecule has 0 bridgehead atoms. The number of aromatic amines is 1. The van der Waals surface area contributed by atoms with Gasteiger partial charge < -0.3 is 15.6 Å². The quantitative estimate of drug-likeness (QED) is 0.681. The Morgan fingerprint density at radius 3 is 2.96 bits per heavy atom. The molecule has 6 heteroatoms. The van der Waals surface area contributed by atoms with E-state index in [1.807, 2.05) is 12.1 Å². The van der Waals surface area contributed by atoms with Crippen molar-refractivity contribution in [2.24, 2.45) is 0 Å². The fourth-order valence-electron chi connectivity index (χ4n) is 3.32. The highest BCUT2D eigenvalue weighted by molar-refractivity contribution is 6.11. The number of piperidine rings is 1. The van der Waals surface area contributed by atoms with Gasteiger partial charge in [-0.05, 0) is 49.2 Å². The van der Waals surface area contributed by atoms with Crippen LogP contribution in [0.2, 0.25) is 0 Å². The van der Waals surface area contributed by atoms with Gasteiger partial charge in [-0.2, -0.15) is 0 Å². The molecule has 2 aromatic carbocycles. The second-order valence-electron chi connectivity index (χ2n) is 6.30. The van der Waals surface area contributed by atoms with Crippen LogP contribution in [-0.2, 0) is 0 Å². The lowest BCUT2D eigenvalue weighted by Crippen LogP contribution is -2.26. The van der Waals surface area contributed by atoms with Gasteiger partial charge in [-0.3, -0.25) is 4.79 Å². The van der Waals surface area contributed by atoms with Crippen molar-refractivity contribution in [1.82, 2.24) is 15.3 Å². The summed E-state index contributed by atoms with van der Waals surface area (Å²) in [5, 5.41) is 6.05. The molecule has 1 amide bonds. The van der Waals surface area contributed by atoms with Gasteiger partial charge in [0.25, 0.3) is 5.91 Å². The summed E-state index contributed by atoms with van der Waals surface area (Å²) in [5.41, 5.74) is 2.85. The SMILES string of the molecule is O=C(Nc1ccc(C2CCCCN2)cc1F)c1cccc2[nH]cnc12. The molecule has 0 radical (unpaired) electrons. The lowest BCUT2D eigenvalue weighted by Gasteiger charge is -2.24. The van der Waals surface area contributed by atoms with E-state index >= 15 is 0 Å².